The largest absolute Gasteiger partial charge is 0.305 e. The van der Waals surface area contributed by atoms with Crippen molar-refractivity contribution in [2.24, 2.45) is 23.2 Å². The van der Waals surface area contributed by atoms with Crippen LogP contribution in [0.5, 0.6) is 0 Å². The molecule has 0 aliphatic heterocycles. The summed E-state index contributed by atoms with van der Waals surface area (Å²) in [6.45, 7) is 7.16. The summed E-state index contributed by atoms with van der Waals surface area (Å²) in [7, 11) is 1.74. The van der Waals surface area contributed by atoms with Crippen molar-refractivity contribution < 1.29 is 4.84 Å². The molecule has 0 aromatic rings. The average molecular weight is 225 g/mol. The molecule has 2 heteroatoms. The van der Waals surface area contributed by atoms with Crippen LogP contribution in [0, 0.1) is 23.2 Å². The van der Waals surface area contributed by atoms with E-state index in [0.29, 0.717) is 11.5 Å². The fourth-order valence-corrected chi connectivity index (χ4v) is 4.61. The van der Waals surface area contributed by atoms with Crippen LogP contribution >= 0.6 is 0 Å². The van der Waals surface area contributed by atoms with E-state index < -0.39 is 0 Å². The topological polar surface area (TPSA) is 21.3 Å². The van der Waals surface area contributed by atoms with Crippen LogP contribution in [0.25, 0.3) is 0 Å². The van der Waals surface area contributed by atoms with Gasteiger partial charge in [-0.15, -0.1) is 0 Å². The van der Waals surface area contributed by atoms with Crippen molar-refractivity contribution in [3.05, 3.63) is 0 Å². The molecular weight excluding hydrogens is 198 g/mol. The number of hydroxylamine groups is 1. The Bertz CT molecular complexity index is 221. The van der Waals surface area contributed by atoms with Crippen LogP contribution < -0.4 is 5.48 Å². The minimum atomic E-state index is 0.491. The zero-order valence-electron chi connectivity index (χ0n) is 11.3. The predicted octanol–water partition coefficient (Wildman–Crippen LogP) is 3.38. The number of hydrogen-bond donors (Lipinski definition) is 1. The van der Waals surface area contributed by atoms with Crippen LogP contribution in [0.1, 0.15) is 52.9 Å². The quantitative estimate of drug-likeness (QED) is 0.743. The average Bonchev–Trinajstić information content (AvgIpc) is 2.15. The van der Waals surface area contributed by atoms with E-state index in [1.807, 2.05) is 0 Å². The summed E-state index contributed by atoms with van der Waals surface area (Å²) in [5.74, 6) is 2.76. The van der Waals surface area contributed by atoms with Gasteiger partial charge in [0.05, 0.1) is 7.11 Å². The van der Waals surface area contributed by atoms with Gasteiger partial charge in [-0.25, -0.2) is 0 Å². The highest BCUT2D eigenvalue weighted by atomic mass is 16.6. The highest BCUT2D eigenvalue weighted by Crippen LogP contribution is 2.54. The molecule has 3 atom stereocenters. The molecule has 0 amide bonds. The normalized spacial score (nSPS) is 45.4. The standard InChI is InChI=1S/C14H27NO/c1-10-5-13-6-11(2)8-14(7-10,9-13)12(3)15-16-4/h10-13,15H,5-9H2,1-4H3. The van der Waals surface area contributed by atoms with E-state index in [9.17, 15) is 0 Å². The lowest BCUT2D eigenvalue weighted by Crippen LogP contribution is -2.50. The summed E-state index contributed by atoms with van der Waals surface area (Å²) < 4.78 is 0. The number of fused-ring (bicyclic) bond motifs is 2. The molecule has 2 rings (SSSR count). The van der Waals surface area contributed by atoms with Crippen molar-refractivity contribution in [3.63, 3.8) is 0 Å². The Balaban J connectivity index is 2.14. The fourth-order valence-electron chi connectivity index (χ4n) is 4.61. The van der Waals surface area contributed by atoms with E-state index in [0.717, 1.165) is 17.8 Å². The first-order chi connectivity index (χ1) is 7.55. The Kier molecular flexibility index (Phi) is 3.60. The van der Waals surface area contributed by atoms with Crippen LogP contribution in [-0.4, -0.2) is 13.2 Å². The summed E-state index contributed by atoms with van der Waals surface area (Å²) in [6, 6.07) is 0.491. The Morgan fingerprint density at radius 2 is 1.69 bits per heavy atom. The molecule has 2 aliphatic rings. The first kappa shape index (κ1) is 12.4. The van der Waals surface area contributed by atoms with Gasteiger partial charge in [0.25, 0.3) is 0 Å². The number of nitrogens with one attached hydrogen (secondary N) is 1. The second-order valence-corrected chi connectivity index (χ2v) is 6.57. The Morgan fingerprint density at radius 3 is 2.19 bits per heavy atom. The van der Waals surface area contributed by atoms with Gasteiger partial charge in [-0.3, -0.25) is 0 Å². The molecule has 0 spiro atoms. The predicted molar refractivity (Wildman–Crippen MR) is 66.9 cm³/mol. The van der Waals surface area contributed by atoms with E-state index in [1.165, 1.54) is 32.1 Å². The minimum absolute atomic E-state index is 0.491. The van der Waals surface area contributed by atoms with Crippen molar-refractivity contribution in [2.75, 3.05) is 7.11 Å². The molecule has 0 radical (unpaired) electrons. The van der Waals surface area contributed by atoms with E-state index in [4.69, 9.17) is 4.84 Å². The third kappa shape index (κ3) is 2.28. The van der Waals surface area contributed by atoms with Gasteiger partial charge in [-0.1, -0.05) is 13.8 Å². The Morgan fingerprint density at radius 1 is 1.12 bits per heavy atom. The van der Waals surface area contributed by atoms with Crippen LogP contribution in [0.15, 0.2) is 0 Å². The SMILES string of the molecule is CONC(C)C12CC(C)CC(CC(C)C1)C2. The molecule has 2 bridgehead atoms. The van der Waals surface area contributed by atoms with Crippen molar-refractivity contribution in [2.45, 2.75) is 58.9 Å². The first-order valence-electron chi connectivity index (χ1n) is 6.84. The third-order valence-corrected chi connectivity index (χ3v) is 4.89. The van der Waals surface area contributed by atoms with Gasteiger partial charge in [-0.05, 0) is 62.2 Å². The maximum Gasteiger partial charge on any atom is 0.0572 e. The molecule has 0 heterocycles. The van der Waals surface area contributed by atoms with Gasteiger partial charge in [-0.2, -0.15) is 5.48 Å². The molecule has 16 heavy (non-hydrogen) atoms. The molecule has 2 nitrogen and oxygen atoms in total. The van der Waals surface area contributed by atoms with E-state index in [1.54, 1.807) is 7.11 Å². The van der Waals surface area contributed by atoms with Gasteiger partial charge in [0.1, 0.15) is 0 Å². The van der Waals surface area contributed by atoms with Crippen molar-refractivity contribution >= 4 is 0 Å². The summed E-state index contributed by atoms with van der Waals surface area (Å²) in [5, 5.41) is 0. The molecule has 0 aromatic carbocycles. The maximum atomic E-state index is 5.16. The highest BCUT2D eigenvalue weighted by molar-refractivity contribution is 4.98. The smallest absolute Gasteiger partial charge is 0.0572 e. The van der Waals surface area contributed by atoms with Crippen LogP contribution in [0.2, 0.25) is 0 Å². The van der Waals surface area contributed by atoms with Gasteiger partial charge < -0.3 is 4.84 Å². The zero-order valence-corrected chi connectivity index (χ0v) is 11.3. The van der Waals surface area contributed by atoms with Gasteiger partial charge in [0.2, 0.25) is 0 Å². The molecule has 0 saturated heterocycles. The second-order valence-electron chi connectivity index (χ2n) is 6.57. The lowest BCUT2D eigenvalue weighted by molar-refractivity contribution is -0.0572. The minimum Gasteiger partial charge on any atom is -0.305 e. The van der Waals surface area contributed by atoms with Gasteiger partial charge in [0.15, 0.2) is 0 Å². The maximum absolute atomic E-state index is 5.16. The van der Waals surface area contributed by atoms with Crippen molar-refractivity contribution in [1.29, 1.82) is 0 Å². The molecule has 3 unspecified atom stereocenters. The fraction of sp³-hybridized carbons (Fsp3) is 1.00. The number of rotatable bonds is 3. The van der Waals surface area contributed by atoms with Crippen molar-refractivity contribution in [1.82, 2.24) is 5.48 Å². The van der Waals surface area contributed by atoms with Gasteiger partial charge in [0, 0.05) is 6.04 Å². The lowest BCUT2D eigenvalue weighted by atomic mass is 9.54. The van der Waals surface area contributed by atoms with Crippen LogP contribution in [0.4, 0.5) is 0 Å². The zero-order chi connectivity index (χ0) is 11.8. The van der Waals surface area contributed by atoms with Crippen LogP contribution in [0.3, 0.4) is 0 Å². The van der Waals surface area contributed by atoms with Crippen LogP contribution in [-0.2, 0) is 4.84 Å². The van der Waals surface area contributed by atoms with Crippen molar-refractivity contribution in [3.8, 4) is 0 Å². The third-order valence-electron chi connectivity index (χ3n) is 4.89. The monoisotopic (exact) mass is 225 g/mol. The Hall–Kier alpha value is -0.0800. The molecule has 2 saturated carbocycles. The second kappa shape index (κ2) is 4.66. The Labute approximate surface area is 100 Å². The van der Waals surface area contributed by atoms with E-state index in [2.05, 4.69) is 26.3 Å². The van der Waals surface area contributed by atoms with Gasteiger partial charge >= 0.3 is 0 Å². The highest BCUT2D eigenvalue weighted by Gasteiger charge is 2.47. The summed E-state index contributed by atoms with van der Waals surface area (Å²) >= 11 is 0. The molecule has 2 fully saturated rings. The van der Waals surface area contributed by atoms with E-state index in [-0.39, 0.29) is 0 Å². The summed E-state index contributed by atoms with van der Waals surface area (Å²) in [5.41, 5.74) is 3.70. The molecule has 1 N–H and O–H groups in total. The van der Waals surface area contributed by atoms with E-state index >= 15 is 0 Å². The summed E-state index contributed by atoms with van der Waals surface area (Å²) in [4.78, 5) is 5.16. The summed E-state index contributed by atoms with van der Waals surface area (Å²) in [6.07, 6.45) is 7.08. The molecule has 2 aliphatic carbocycles. The molecular formula is C14H27NO. The molecule has 0 aromatic heterocycles. The molecule has 94 valence electrons. The first-order valence-corrected chi connectivity index (χ1v) is 6.84. The number of hydrogen-bond acceptors (Lipinski definition) is 2. The lowest BCUT2D eigenvalue weighted by Gasteiger charge is -2.52.